The molecule has 1 aromatic rings. The zero-order valence-electron chi connectivity index (χ0n) is 11.1. The zero-order chi connectivity index (χ0) is 12.4. The minimum Gasteiger partial charge on any atom is -0.370 e. The number of nitrogens with two attached hydrogens (primary N) is 1. The summed E-state index contributed by atoms with van der Waals surface area (Å²) in [5, 5.41) is 0. The van der Waals surface area contributed by atoms with Gasteiger partial charge in [-0.05, 0) is 37.7 Å². The molecule has 0 spiro atoms. The fourth-order valence-corrected chi connectivity index (χ4v) is 2.71. The smallest absolute Gasteiger partial charge is 0.0370 e. The van der Waals surface area contributed by atoms with Crippen LogP contribution in [0, 0.1) is 5.92 Å². The summed E-state index contributed by atoms with van der Waals surface area (Å²) in [6.45, 7) is 5.20. The third-order valence-electron chi connectivity index (χ3n) is 3.75. The first-order valence-corrected chi connectivity index (χ1v) is 6.32. The van der Waals surface area contributed by atoms with Crippen LogP contribution in [0.1, 0.15) is 12.5 Å². The molecule has 2 unspecified atom stereocenters. The first-order valence-electron chi connectivity index (χ1n) is 6.32. The second-order valence-corrected chi connectivity index (χ2v) is 5.29. The Bertz CT molecular complexity index is 375. The average Bonchev–Trinajstić information content (AvgIpc) is 2.71. The van der Waals surface area contributed by atoms with Gasteiger partial charge in [0.1, 0.15) is 0 Å². The highest BCUT2D eigenvalue weighted by atomic mass is 15.2. The molecule has 1 heterocycles. The summed E-state index contributed by atoms with van der Waals surface area (Å²) < 4.78 is 0. The van der Waals surface area contributed by atoms with E-state index in [0.717, 1.165) is 13.1 Å². The molecular formula is C14H23N3. The molecule has 1 fully saturated rings. The molecule has 1 aromatic carbocycles. The maximum Gasteiger partial charge on any atom is 0.0370 e. The van der Waals surface area contributed by atoms with Crippen LogP contribution in [0.25, 0.3) is 0 Å². The molecule has 2 N–H and O–H groups in total. The Labute approximate surface area is 104 Å². The van der Waals surface area contributed by atoms with E-state index in [4.69, 9.17) is 5.73 Å². The molecule has 1 aliphatic heterocycles. The van der Waals surface area contributed by atoms with Gasteiger partial charge in [-0.25, -0.2) is 0 Å². The summed E-state index contributed by atoms with van der Waals surface area (Å²) in [5.74, 6) is 0.714. The molecular weight excluding hydrogens is 210 g/mol. The van der Waals surface area contributed by atoms with Crippen molar-refractivity contribution in [3.63, 3.8) is 0 Å². The van der Waals surface area contributed by atoms with Crippen molar-refractivity contribution in [3.8, 4) is 0 Å². The van der Waals surface area contributed by atoms with Gasteiger partial charge in [-0.2, -0.15) is 0 Å². The molecule has 0 radical (unpaired) electrons. The van der Waals surface area contributed by atoms with Crippen LogP contribution in [0.2, 0.25) is 0 Å². The molecule has 3 nitrogen and oxygen atoms in total. The normalized spacial score (nSPS) is 24.6. The Hall–Kier alpha value is -1.06. The molecule has 0 aromatic heterocycles. The van der Waals surface area contributed by atoms with Crippen LogP contribution in [0.5, 0.6) is 0 Å². The van der Waals surface area contributed by atoms with E-state index in [1.807, 2.05) is 0 Å². The largest absolute Gasteiger partial charge is 0.370 e. The molecule has 2 rings (SSSR count). The van der Waals surface area contributed by atoms with Gasteiger partial charge in [-0.3, -0.25) is 0 Å². The summed E-state index contributed by atoms with van der Waals surface area (Å²) in [6, 6.07) is 9.24. The van der Waals surface area contributed by atoms with Gasteiger partial charge < -0.3 is 15.5 Å². The summed E-state index contributed by atoms with van der Waals surface area (Å²) in [7, 11) is 4.34. The number of anilines is 1. The summed E-state index contributed by atoms with van der Waals surface area (Å²) in [5.41, 5.74) is 8.21. The Morgan fingerprint density at radius 2 is 2.12 bits per heavy atom. The highest BCUT2D eigenvalue weighted by Gasteiger charge is 2.30. The molecule has 0 bridgehead atoms. The maximum absolute atomic E-state index is 5.69. The molecule has 2 atom stereocenters. The van der Waals surface area contributed by atoms with E-state index in [-0.39, 0.29) is 0 Å². The van der Waals surface area contributed by atoms with Crippen LogP contribution in [0.15, 0.2) is 24.3 Å². The lowest BCUT2D eigenvalue weighted by atomic mass is 10.1. The van der Waals surface area contributed by atoms with Crippen molar-refractivity contribution in [2.75, 3.05) is 32.1 Å². The number of hydrogen-bond acceptors (Lipinski definition) is 3. The molecule has 17 heavy (non-hydrogen) atoms. The van der Waals surface area contributed by atoms with Gasteiger partial charge in [0.25, 0.3) is 0 Å². The molecule has 1 saturated heterocycles. The van der Waals surface area contributed by atoms with Crippen molar-refractivity contribution in [2.45, 2.75) is 19.5 Å². The molecule has 0 amide bonds. The van der Waals surface area contributed by atoms with Crippen molar-refractivity contribution in [1.82, 2.24) is 4.90 Å². The monoisotopic (exact) mass is 233 g/mol. The zero-order valence-corrected chi connectivity index (χ0v) is 11.1. The molecule has 0 saturated carbocycles. The third kappa shape index (κ3) is 2.61. The highest BCUT2D eigenvalue weighted by Crippen LogP contribution is 2.26. The quantitative estimate of drug-likeness (QED) is 0.859. The fourth-order valence-electron chi connectivity index (χ4n) is 2.71. The van der Waals surface area contributed by atoms with Crippen molar-refractivity contribution >= 4 is 5.69 Å². The van der Waals surface area contributed by atoms with E-state index in [1.165, 1.54) is 11.3 Å². The van der Waals surface area contributed by atoms with Crippen LogP contribution in [0.3, 0.4) is 0 Å². The van der Waals surface area contributed by atoms with E-state index in [0.29, 0.717) is 18.5 Å². The van der Waals surface area contributed by atoms with Crippen LogP contribution in [0.4, 0.5) is 5.69 Å². The van der Waals surface area contributed by atoms with E-state index in [9.17, 15) is 0 Å². The lowest BCUT2D eigenvalue weighted by Gasteiger charge is -2.23. The lowest BCUT2D eigenvalue weighted by Crippen LogP contribution is -2.34. The number of benzene rings is 1. The first kappa shape index (κ1) is 12.4. The standard InChI is InChI=1S/C14H23N3/c1-11-9-17(10-14(11)16(2)3)13-6-4-5-12(7-13)8-15/h4-7,11,14H,8-10,15H2,1-3H3. The van der Waals surface area contributed by atoms with Gasteiger partial charge in [0.05, 0.1) is 0 Å². The van der Waals surface area contributed by atoms with Crippen molar-refractivity contribution in [2.24, 2.45) is 11.7 Å². The first-order chi connectivity index (χ1) is 8.11. The maximum atomic E-state index is 5.69. The number of hydrogen-bond donors (Lipinski definition) is 1. The fraction of sp³-hybridized carbons (Fsp3) is 0.571. The topological polar surface area (TPSA) is 32.5 Å². The van der Waals surface area contributed by atoms with Gasteiger partial charge >= 0.3 is 0 Å². The highest BCUT2D eigenvalue weighted by molar-refractivity contribution is 5.50. The average molecular weight is 233 g/mol. The Morgan fingerprint density at radius 3 is 2.71 bits per heavy atom. The number of nitrogens with zero attached hydrogens (tertiary/aromatic N) is 2. The van der Waals surface area contributed by atoms with Crippen LogP contribution in [-0.2, 0) is 6.54 Å². The molecule has 94 valence electrons. The van der Waals surface area contributed by atoms with E-state index < -0.39 is 0 Å². The Morgan fingerprint density at radius 1 is 1.35 bits per heavy atom. The van der Waals surface area contributed by atoms with Gasteiger partial charge in [-0.15, -0.1) is 0 Å². The van der Waals surface area contributed by atoms with Crippen molar-refractivity contribution in [1.29, 1.82) is 0 Å². The van der Waals surface area contributed by atoms with Gasteiger partial charge in [-0.1, -0.05) is 19.1 Å². The van der Waals surface area contributed by atoms with E-state index >= 15 is 0 Å². The predicted molar refractivity (Wildman–Crippen MR) is 73.2 cm³/mol. The van der Waals surface area contributed by atoms with Crippen molar-refractivity contribution < 1.29 is 0 Å². The molecule has 1 aliphatic rings. The summed E-state index contributed by atoms with van der Waals surface area (Å²) >= 11 is 0. The number of rotatable bonds is 3. The van der Waals surface area contributed by atoms with Gasteiger partial charge in [0, 0.05) is 31.4 Å². The van der Waals surface area contributed by atoms with Gasteiger partial charge in [0.2, 0.25) is 0 Å². The summed E-state index contributed by atoms with van der Waals surface area (Å²) in [4.78, 5) is 4.80. The third-order valence-corrected chi connectivity index (χ3v) is 3.75. The summed E-state index contributed by atoms with van der Waals surface area (Å²) in [6.07, 6.45) is 0. The minimum atomic E-state index is 0.619. The van der Waals surface area contributed by atoms with E-state index in [2.05, 4.69) is 55.1 Å². The molecule has 0 aliphatic carbocycles. The second-order valence-electron chi connectivity index (χ2n) is 5.29. The second kappa shape index (κ2) is 5.07. The van der Waals surface area contributed by atoms with Crippen molar-refractivity contribution in [3.05, 3.63) is 29.8 Å². The predicted octanol–water partition coefficient (Wildman–Crippen LogP) is 1.53. The van der Waals surface area contributed by atoms with Crippen LogP contribution in [-0.4, -0.2) is 38.1 Å². The number of likely N-dealkylation sites (N-methyl/N-ethyl adjacent to an activating group) is 1. The van der Waals surface area contributed by atoms with Crippen LogP contribution >= 0.6 is 0 Å². The SMILES string of the molecule is CC1CN(c2cccc(CN)c2)CC1N(C)C. The molecule has 3 heteroatoms. The Kier molecular flexibility index (Phi) is 3.69. The van der Waals surface area contributed by atoms with Gasteiger partial charge in [0.15, 0.2) is 0 Å². The minimum absolute atomic E-state index is 0.619. The Balaban J connectivity index is 2.13. The van der Waals surface area contributed by atoms with E-state index in [1.54, 1.807) is 0 Å². The lowest BCUT2D eigenvalue weighted by molar-refractivity contribution is 0.266. The van der Waals surface area contributed by atoms with Crippen LogP contribution < -0.4 is 10.6 Å².